The van der Waals surface area contributed by atoms with E-state index in [0.29, 0.717) is 0 Å². The Morgan fingerprint density at radius 1 is 0.462 bits per heavy atom. The second-order valence-electron chi connectivity index (χ2n) is 14.2. The van der Waals surface area contributed by atoms with Crippen LogP contribution in [0, 0.1) is 41.5 Å². The molecule has 3 nitrogen and oxygen atoms in total. The Bertz CT molecular complexity index is 2480. The highest BCUT2D eigenvalue weighted by Gasteiger charge is 2.28. The van der Waals surface area contributed by atoms with Crippen LogP contribution < -0.4 is 4.90 Å². The Kier molecular flexibility index (Phi) is 8.64. The fraction of sp³-hybridized carbons (Fsp3) is 0.143. The van der Waals surface area contributed by atoms with Gasteiger partial charge in [-0.1, -0.05) is 132 Å². The van der Waals surface area contributed by atoms with Crippen molar-refractivity contribution in [3.05, 3.63) is 196 Å². The maximum absolute atomic E-state index is 5.10. The zero-order chi connectivity index (χ0) is 35.9. The molecule has 3 heteroatoms. The number of rotatable bonds is 7. The summed E-state index contributed by atoms with van der Waals surface area (Å²) in [6.45, 7) is 13.5. The number of hydrogen-bond donors (Lipinski definition) is 0. The van der Waals surface area contributed by atoms with Gasteiger partial charge >= 0.3 is 0 Å². The molecule has 0 unspecified atom stereocenters. The lowest BCUT2D eigenvalue weighted by Crippen LogP contribution is -2.15. The van der Waals surface area contributed by atoms with Crippen LogP contribution in [0.1, 0.15) is 56.0 Å². The van der Waals surface area contributed by atoms with Crippen LogP contribution in [0.2, 0.25) is 0 Å². The number of anilines is 3. The summed E-state index contributed by atoms with van der Waals surface area (Å²) in [4.78, 5) is 12.3. The van der Waals surface area contributed by atoms with Gasteiger partial charge in [0.2, 0.25) is 0 Å². The van der Waals surface area contributed by atoms with E-state index in [1.807, 2.05) is 30.6 Å². The van der Waals surface area contributed by atoms with Gasteiger partial charge < -0.3 is 0 Å². The number of aromatic nitrogens is 2. The molecule has 0 fully saturated rings. The van der Waals surface area contributed by atoms with Gasteiger partial charge in [-0.15, -0.1) is 0 Å². The van der Waals surface area contributed by atoms with Gasteiger partial charge in [0.1, 0.15) is 0 Å². The summed E-state index contributed by atoms with van der Waals surface area (Å²) < 4.78 is 0. The van der Waals surface area contributed by atoms with Gasteiger partial charge in [0.05, 0.1) is 29.5 Å². The molecule has 7 aromatic carbocycles. The Morgan fingerprint density at radius 3 is 1.62 bits per heavy atom. The van der Waals surface area contributed by atoms with E-state index < -0.39 is 0 Å². The molecule has 1 heterocycles. The van der Waals surface area contributed by atoms with Crippen molar-refractivity contribution in [1.29, 1.82) is 0 Å². The molecule has 0 spiro atoms. The Balaban J connectivity index is 1.40. The van der Waals surface area contributed by atoms with Crippen molar-refractivity contribution in [3.63, 3.8) is 0 Å². The van der Waals surface area contributed by atoms with Crippen molar-refractivity contribution in [2.75, 3.05) is 4.90 Å². The minimum absolute atomic E-state index is 0.0519. The fourth-order valence-electron chi connectivity index (χ4n) is 8.48. The minimum atomic E-state index is 0.0519. The van der Waals surface area contributed by atoms with Gasteiger partial charge in [-0.3, -0.25) is 9.88 Å². The SMILES string of the molecule is Cc1cc(C)c(C(c2c(C)cc(C)cc2C)c2ccc(N(c3cnc(-c4ccccc4)cn3)c3cccc4ccccc34)c3ccccc23)c(C)c1. The van der Waals surface area contributed by atoms with Crippen LogP contribution in [0.3, 0.4) is 0 Å². The highest BCUT2D eigenvalue weighted by molar-refractivity contribution is 6.05. The van der Waals surface area contributed by atoms with E-state index in [2.05, 4.69) is 162 Å². The van der Waals surface area contributed by atoms with E-state index in [1.54, 1.807) is 0 Å². The quantitative estimate of drug-likeness (QED) is 0.158. The first-order valence-corrected chi connectivity index (χ1v) is 18.1. The molecule has 1 aromatic heterocycles. The van der Waals surface area contributed by atoms with E-state index in [9.17, 15) is 0 Å². The van der Waals surface area contributed by atoms with Crippen LogP contribution in [0.5, 0.6) is 0 Å². The summed E-state index contributed by atoms with van der Waals surface area (Å²) in [5.41, 5.74) is 15.9. The molecule has 0 saturated heterocycles. The van der Waals surface area contributed by atoms with E-state index >= 15 is 0 Å². The minimum Gasteiger partial charge on any atom is -0.293 e. The van der Waals surface area contributed by atoms with Crippen LogP contribution in [0.25, 0.3) is 32.8 Å². The smallest absolute Gasteiger partial charge is 0.156 e. The van der Waals surface area contributed by atoms with E-state index in [4.69, 9.17) is 9.97 Å². The topological polar surface area (TPSA) is 29.0 Å². The standard InChI is InChI=1S/C49H43N3/c1-31-25-33(3)47(34(4)26-31)49(48-35(5)27-32(2)28-36(48)6)42-23-24-45(41-21-13-12-20-40(41)42)52(44-22-14-18-37-15-10-11-19-39(37)44)46-30-50-43(29-51-46)38-16-8-7-9-17-38/h7-30,49H,1-6H3. The third-order valence-corrected chi connectivity index (χ3v) is 10.5. The molecule has 0 aliphatic heterocycles. The van der Waals surface area contributed by atoms with E-state index in [0.717, 1.165) is 39.2 Å². The third-order valence-electron chi connectivity index (χ3n) is 10.5. The monoisotopic (exact) mass is 673 g/mol. The van der Waals surface area contributed by atoms with Crippen molar-refractivity contribution in [2.45, 2.75) is 47.5 Å². The molecule has 0 aliphatic carbocycles. The molecule has 0 radical (unpaired) electrons. The first-order valence-electron chi connectivity index (χ1n) is 18.1. The second kappa shape index (κ2) is 13.6. The van der Waals surface area contributed by atoms with Crippen molar-refractivity contribution in [1.82, 2.24) is 9.97 Å². The maximum atomic E-state index is 5.10. The Morgan fingerprint density at radius 2 is 1.00 bits per heavy atom. The highest BCUT2D eigenvalue weighted by Crippen LogP contribution is 2.47. The molecule has 254 valence electrons. The van der Waals surface area contributed by atoms with Crippen LogP contribution in [0.4, 0.5) is 17.2 Å². The summed E-state index contributed by atoms with van der Waals surface area (Å²) >= 11 is 0. The van der Waals surface area contributed by atoms with Crippen molar-refractivity contribution < 1.29 is 0 Å². The first kappa shape index (κ1) is 33.1. The van der Waals surface area contributed by atoms with Crippen molar-refractivity contribution in [3.8, 4) is 11.3 Å². The number of nitrogens with zero attached hydrogens (tertiary/aromatic N) is 3. The number of aryl methyl sites for hydroxylation is 6. The molecule has 0 atom stereocenters. The number of benzene rings is 7. The average Bonchev–Trinajstić information content (AvgIpc) is 3.14. The van der Waals surface area contributed by atoms with Gasteiger partial charge in [0.15, 0.2) is 5.82 Å². The van der Waals surface area contributed by atoms with Gasteiger partial charge in [0, 0.05) is 22.3 Å². The van der Waals surface area contributed by atoms with Gasteiger partial charge in [-0.25, -0.2) is 4.98 Å². The highest BCUT2D eigenvalue weighted by atomic mass is 15.2. The Labute approximate surface area is 307 Å². The summed E-state index contributed by atoms with van der Waals surface area (Å²) in [6, 6.07) is 48.2. The zero-order valence-electron chi connectivity index (χ0n) is 30.8. The molecular weight excluding hydrogens is 631 g/mol. The first-order chi connectivity index (χ1) is 25.3. The largest absolute Gasteiger partial charge is 0.293 e. The zero-order valence-corrected chi connectivity index (χ0v) is 30.8. The van der Waals surface area contributed by atoms with Crippen molar-refractivity contribution in [2.24, 2.45) is 0 Å². The molecule has 0 saturated carbocycles. The predicted molar refractivity (Wildman–Crippen MR) is 219 cm³/mol. The average molecular weight is 674 g/mol. The van der Waals surface area contributed by atoms with Crippen LogP contribution in [-0.4, -0.2) is 9.97 Å². The lowest BCUT2D eigenvalue weighted by Gasteiger charge is -2.30. The molecule has 0 N–H and O–H groups in total. The molecule has 0 bridgehead atoms. The van der Waals surface area contributed by atoms with Crippen LogP contribution >= 0.6 is 0 Å². The van der Waals surface area contributed by atoms with E-state index in [1.165, 1.54) is 60.8 Å². The molecule has 52 heavy (non-hydrogen) atoms. The molecular formula is C49H43N3. The fourth-order valence-corrected chi connectivity index (χ4v) is 8.48. The van der Waals surface area contributed by atoms with Crippen LogP contribution in [-0.2, 0) is 0 Å². The molecule has 0 aliphatic rings. The third kappa shape index (κ3) is 5.92. The van der Waals surface area contributed by atoms with Crippen LogP contribution in [0.15, 0.2) is 146 Å². The summed E-state index contributed by atoms with van der Waals surface area (Å²) in [5, 5.41) is 4.72. The summed E-state index contributed by atoms with van der Waals surface area (Å²) in [5.74, 6) is 0.817. The lowest BCUT2D eigenvalue weighted by molar-refractivity contribution is 0.928. The normalized spacial score (nSPS) is 11.4. The summed E-state index contributed by atoms with van der Waals surface area (Å²) in [7, 11) is 0. The van der Waals surface area contributed by atoms with E-state index in [-0.39, 0.29) is 5.92 Å². The summed E-state index contributed by atoms with van der Waals surface area (Å²) in [6.07, 6.45) is 3.80. The maximum Gasteiger partial charge on any atom is 0.156 e. The van der Waals surface area contributed by atoms with Crippen molar-refractivity contribution >= 4 is 38.7 Å². The van der Waals surface area contributed by atoms with Gasteiger partial charge in [-0.05, 0) is 103 Å². The Hall–Kier alpha value is -6.06. The number of fused-ring (bicyclic) bond motifs is 2. The lowest BCUT2D eigenvalue weighted by atomic mass is 9.75. The number of hydrogen-bond acceptors (Lipinski definition) is 3. The van der Waals surface area contributed by atoms with Gasteiger partial charge in [-0.2, -0.15) is 0 Å². The van der Waals surface area contributed by atoms with Gasteiger partial charge in [0.25, 0.3) is 0 Å². The second-order valence-corrected chi connectivity index (χ2v) is 14.2. The molecule has 8 rings (SSSR count). The predicted octanol–water partition coefficient (Wildman–Crippen LogP) is 13.0. The molecule has 8 aromatic rings. The molecule has 0 amide bonds.